The first kappa shape index (κ1) is 7.56. The van der Waals surface area contributed by atoms with Gasteiger partial charge in [-0.2, -0.15) is 0 Å². The zero-order chi connectivity index (χ0) is 8.39. The molecular weight excluding hydrogens is 148 g/mol. The number of methoxy groups -OCH3 is 1. The van der Waals surface area contributed by atoms with Gasteiger partial charge in [0.15, 0.2) is 0 Å². The molecule has 1 nitrogen and oxygen atoms in total. The standard InChI is InChI=1S/C11H12O/c1-12-11-7-10(8-11)9-5-3-2-4-6-9/h2-7,11H,8H2,1H3. The third-order valence-electron chi connectivity index (χ3n) is 2.26. The van der Waals surface area contributed by atoms with Gasteiger partial charge in [-0.25, -0.2) is 0 Å². The fraction of sp³-hybridized carbons (Fsp3) is 0.273. The van der Waals surface area contributed by atoms with Gasteiger partial charge in [-0.3, -0.25) is 0 Å². The summed E-state index contributed by atoms with van der Waals surface area (Å²) in [5, 5.41) is 0. The van der Waals surface area contributed by atoms with Gasteiger partial charge < -0.3 is 4.74 Å². The van der Waals surface area contributed by atoms with Crippen LogP contribution in [0.4, 0.5) is 0 Å². The Bertz CT molecular complexity index is 287. The maximum atomic E-state index is 5.16. The van der Waals surface area contributed by atoms with E-state index >= 15 is 0 Å². The van der Waals surface area contributed by atoms with Gasteiger partial charge in [0.1, 0.15) is 0 Å². The van der Waals surface area contributed by atoms with Crippen LogP contribution in [0.25, 0.3) is 5.57 Å². The molecule has 1 aliphatic rings. The van der Waals surface area contributed by atoms with Crippen molar-refractivity contribution in [1.29, 1.82) is 0 Å². The minimum Gasteiger partial charge on any atom is -0.377 e. The van der Waals surface area contributed by atoms with Crippen molar-refractivity contribution in [3.63, 3.8) is 0 Å². The molecule has 62 valence electrons. The Kier molecular flexibility index (Phi) is 1.96. The Balaban J connectivity index is 2.15. The Hall–Kier alpha value is -1.08. The van der Waals surface area contributed by atoms with Crippen molar-refractivity contribution in [2.45, 2.75) is 12.5 Å². The molecule has 0 saturated heterocycles. The van der Waals surface area contributed by atoms with E-state index in [1.807, 2.05) is 6.07 Å². The molecule has 0 saturated carbocycles. The molecule has 0 bridgehead atoms. The lowest BCUT2D eigenvalue weighted by molar-refractivity contribution is 0.135. The van der Waals surface area contributed by atoms with E-state index in [1.54, 1.807) is 7.11 Å². The summed E-state index contributed by atoms with van der Waals surface area (Å²) in [5.74, 6) is 0. The number of hydrogen-bond acceptors (Lipinski definition) is 1. The van der Waals surface area contributed by atoms with E-state index in [9.17, 15) is 0 Å². The predicted octanol–water partition coefficient (Wildman–Crippen LogP) is 2.49. The molecule has 1 atom stereocenters. The Labute approximate surface area is 72.7 Å². The molecule has 12 heavy (non-hydrogen) atoms. The Morgan fingerprint density at radius 1 is 1.25 bits per heavy atom. The highest BCUT2D eigenvalue weighted by molar-refractivity contribution is 5.71. The first-order valence-electron chi connectivity index (χ1n) is 4.19. The van der Waals surface area contributed by atoms with Gasteiger partial charge >= 0.3 is 0 Å². The van der Waals surface area contributed by atoms with Crippen molar-refractivity contribution in [3.05, 3.63) is 42.0 Å². The summed E-state index contributed by atoms with van der Waals surface area (Å²) in [7, 11) is 1.75. The van der Waals surface area contributed by atoms with Crippen LogP contribution in [0.3, 0.4) is 0 Å². The van der Waals surface area contributed by atoms with Crippen LogP contribution in [0.2, 0.25) is 0 Å². The quantitative estimate of drug-likeness (QED) is 0.645. The molecule has 0 radical (unpaired) electrons. The third kappa shape index (κ3) is 1.28. The SMILES string of the molecule is COC1C=C(c2ccccc2)C1. The Morgan fingerprint density at radius 2 is 1.92 bits per heavy atom. The minimum absolute atomic E-state index is 0.347. The molecule has 2 rings (SSSR count). The van der Waals surface area contributed by atoms with E-state index < -0.39 is 0 Å². The van der Waals surface area contributed by atoms with Crippen LogP contribution >= 0.6 is 0 Å². The Morgan fingerprint density at radius 3 is 2.50 bits per heavy atom. The smallest absolute Gasteiger partial charge is 0.0798 e. The van der Waals surface area contributed by atoms with Crippen LogP contribution < -0.4 is 0 Å². The molecule has 1 heteroatoms. The van der Waals surface area contributed by atoms with Crippen LogP contribution in [-0.2, 0) is 4.74 Å². The first-order valence-corrected chi connectivity index (χ1v) is 4.19. The van der Waals surface area contributed by atoms with Crippen LogP contribution in [0.5, 0.6) is 0 Å². The summed E-state index contributed by atoms with van der Waals surface area (Å²) >= 11 is 0. The molecule has 1 unspecified atom stereocenters. The van der Waals surface area contributed by atoms with Gasteiger partial charge in [0.05, 0.1) is 6.10 Å². The minimum atomic E-state index is 0.347. The van der Waals surface area contributed by atoms with Crippen LogP contribution in [0, 0.1) is 0 Å². The number of benzene rings is 1. The topological polar surface area (TPSA) is 9.23 Å². The van der Waals surface area contributed by atoms with Gasteiger partial charge in [-0.1, -0.05) is 36.4 Å². The molecule has 0 aromatic heterocycles. The molecule has 1 aromatic rings. The van der Waals surface area contributed by atoms with Crippen molar-refractivity contribution in [2.24, 2.45) is 0 Å². The highest BCUT2D eigenvalue weighted by Crippen LogP contribution is 2.30. The molecular formula is C11H12O. The van der Waals surface area contributed by atoms with E-state index in [1.165, 1.54) is 11.1 Å². The van der Waals surface area contributed by atoms with Crippen molar-refractivity contribution in [2.75, 3.05) is 7.11 Å². The lowest BCUT2D eigenvalue weighted by atomic mass is 9.89. The van der Waals surface area contributed by atoms with Gasteiger partial charge in [-0.15, -0.1) is 0 Å². The largest absolute Gasteiger partial charge is 0.377 e. The van der Waals surface area contributed by atoms with E-state index in [4.69, 9.17) is 4.74 Å². The van der Waals surface area contributed by atoms with E-state index in [0.717, 1.165) is 6.42 Å². The molecule has 0 amide bonds. The molecule has 0 aliphatic heterocycles. The fourth-order valence-corrected chi connectivity index (χ4v) is 1.43. The summed E-state index contributed by atoms with van der Waals surface area (Å²) in [4.78, 5) is 0. The highest BCUT2D eigenvalue weighted by Gasteiger charge is 2.18. The molecule has 0 heterocycles. The monoisotopic (exact) mass is 160 g/mol. The number of ether oxygens (including phenoxy) is 1. The number of hydrogen-bond donors (Lipinski definition) is 0. The zero-order valence-electron chi connectivity index (χ0n) is 7.16. The van der Waals surface area contributed by atoms with Crippen molar-refractivity contribution >= 4 is 5.57 Å². The van der Waals surface area contributed by atoms with Crippen LogP contribution in [0.1, 0.15) is 12.0 Å². The normalized spacial score (nSPS) is 21.4. The van der Waals surface area contributed by atoms with Crippen LogP contribution in [-0.4, -0.2) is 13.2 Å². The lowest BCUT2D eigenvalue weighted by Gasteiger charge is -2.24. The van der Waals surface area contributed by atoms with Crippen molar-refractivity contribution in [3.8, 4) is 0 Å². The maximum absolute atomic E-state index is 5.16. The molecule has 0 fully saturated rings. The second-order valence-corrected chi connectivity index (χ2v) is 3.04. The second kappa shape index (κ2) is 3.11. The maximum Gasteiger partial charge on any atom is 0.0798 e. The predicted molar refractivity (Wildman–Crippen MR) is 49.8 cm³/mol. The molecule has 0 spiro atoms. The summed E-state index contributed by atoms with van der Waals surface area (Å²) in [6.07, 6.45) is 3.58. The van der Waals surface area contributed by atoms with Gasteiger partial charge in [-0.05, 0) is 11.1 Å². The van der Waals surface area contributed by atoms with Gasteiger partial charge in [0.25, 0.3) is 0 Å². The lowest BCUT2D eigenvalue weighted by Crippen LogP contribution is -2.16. The van der Waals surface area contributed by atoms with E-state index in [0.29, 0.717) is 6.10 Å². The summed E-state index contributed by atoms with van der Waals surface area (Å²) < 4.78 is 5.16. The summed E-state index contributed by atoms with van der Waals surface area (Å²) in [6, 6.07) is 10.4. The summed E-state index contributed by atoms with van der Waals surface area (Å²) in [5.41, 5.74) is 2.73. The summed E-state index contributed by atoms with van der Waals surface area (Å²) in [6.45, 7) is 0. The molecule has 1 aromatic carbocycles. The second-order valence-electron chi connectivity index (χ2n) is 3.04. The zero-order valence-corrected chi connectivity index (χ0v) is 7.16. The molecule has 1 aliphatic carbocycles. The van der Waals surface area contributed by atoms with Crippen molar-refractivity contribution < 1.29 is 4.74 Å². The number of rotatable bonds is 2. The first-order chi connectivity index (χ1) is 5.90. The van der Waals surface area contributed by atoms with Crippen LogP contribution in [0.15, 0.2) is 36.4 Å². The van der Waals surface area contributed by atoms with E-state index in [-0.39, 0.29) is 0 Å². The highest BCUT2D eigenvalue weighted by atomic mass is 16.5. The third-order valence-corrected chi connectivity index (χ3v) is 2.26. The van der Waals surface area contributed by atoms with Crippen molar-refractivity contribution in [1.82, 2.24) is 0 Å². The fourth-order valence-electron chi connectivity index (χ4n) is 1.43. The molecule has 0 N–H and O–H groups in total. The van der Waals surface area contributed by atoms with Gasteiger partial charge in [0, 0.05) is 13.5 Å². The average Bonchev–Trinajstić information content (AvgIpc) is 2.04. The average molecular weight is 160 g/mol. The van der Waals surface area contributed by atoms with E-state index in [2.05, 4.69) is 30.3 Å². The van der Waals surface area contributed by atoms with Gasteiger partial charge in [0.2, 0.25) is 0 Å².